The van der Waals surface area contributed by atoms with Crippen LogP contribution in [0.1, 0.15) is 48.2 Å². The van der Waals surface area contributed by atoms with E-state index in [4.69, 9.17) is 11.6 Å². The largest absolute Gasteiger partial charge is 0.417 e. The van der Waals surface area contributed by atoms with Gasteiger partial charge in [-0.15, -0.1) is 0 Å². The molecule has 0 bridgehead atoms. The van der Waals surface area contributed by atoms with Gasteiger partial charge >= 0.3 is 6.18 Å². The molecule has 0 aromatic heterocycles. The van der Waals surface area contributed by atoms with Crippen molar-refractivity contribution in [2.24, 2.45) is 5.92 Å². The maximum Gasteiger partial charge on any atom is 0.417 e. The molecule has 1 aliphatic rings. The van der Waals surface area contributed by atoms with E-state index >= 15 is 0 Å². The third-order valence-electron chi connectivity index (χ3n) is 5.48. The third-order valence-corrected chi connectivity index (χ3v) is 7.78. The van der Waals surface area contributed by atoms with Crippen LogP contribution in [0.25, 0.3) is 0 Å². The van der Waals surface area contributed by atoms with Crippen LogP contribution in [0.2, 0.25) is 5.02 Å². The maximum absolute atomic E-state index is 13.4. The number of hydrogen-bond donors (Lipinski definition) is 1. The zero-order chi connectivity index (χ0) is 25.3. The van der Waals surface area contributed by atoms with E-state index in [0.717, 1.165) is 16.4 Å². The van der Waals surface area contributed by atoms with Crippen molar-refractivity contribution in [2.45, 2.75) is 50.3 Å². The summed E-state index contributed by atoms with van der Waals surface area (Å²) in [6.45, 7) is 3.20. The van der Waals surface area contributed by atoms with Crippen LogP contribution < -0.4 is 5.32 Å². The average molecular weight is 517 g/mol. The minimum absolute atomic E-state index is 0.0764. The van der Waals surface area contributed by atoms with Crippen molar-refractivity contribution < 1.29 is 31.2 Å². The van der Waals surface area contributed by atoms with Crippen LogP contribution in [0.3, 0.4) is 0 Å². The van der Waals surface area contributed by atoms with Crippen molar-refractivity contribution in [1.29, 1.82) is 0 Å². The predicted molar refractivity (Wildman–Crippen MR) is 121 cm³/mol. The lowest BCUT2D eigenvalue weighted by Crippen LogP contribution is -2.50. The minimum Gasteiger partial charge on any atom is -0.351 e. The fourth-order valence-electron chi connectivity index (χ4n) is 3.85. The van der Waals surface area contributed by atoms with Crippen LogP contribution in [0.5, 0.6) is 0 Å². The van der Waals surface area contributed by atoms with Gasteiger partial charge in [0.1, 0.15) is 6.04 Å². The van der Waals surface area contributed by atoms with E-state index in [1.165, 1.54) is 24.3 Å². The van der Waals surface area contributed by atoms with Crippen LogP contribution in [-0.2, 0) is 27.5 Å². The SMILES string of the molecule is CC(C)C[C@@H](C(=O)NCc1ccc(Cl)c(C(F)(F)F)c1)N1CCC(=O)c2ccccc2S1(=O)=O. The highest BCUT2D eigenvalue weighted by Crippen LogP contribution is 2.35. The number of Topliss-reactive ketones (excluding diaryl/α,β-unsaturated/α-hetero) is 1. The van der Waals surface area contributed by atoms with Crippen LogP contribution in [0, 0.1) is 5.92 Å². The molecule has 3 rings (SSSR count). The Morgan fingerprint density at radius 3 is 2.50 bits per heavy atom. The molecule has 6 nitrogen and oxygen atoms in total. The number of amides is 1. The van der Waals surface area contributed by atoms with Crippen molar-refractivity contribution in [3.8, 4) is 0 Å². The molecule has 34 heavy (non-hydrogen) atoms. The Kier molecular flexibility index (Phi) is 7.74. The van der Waals surface area contributed by atoms with Crippen molar-refractivity contribution >= 4 is 33.3 Å². The fourth-order valence-corrected chi connectivity index (χ4v) is 5.88. The first kappa shape index (κ1) is 26.2. The lowest BCUT2D eigenvalue weighted by atomic mass is 10.0. The summed E-state index contributed by atoms with van der Waals surface area (Å²) in [6, 6.07) is 8.00. The van der Waals surface area contributed by atoms with Crippen LogP contribution in [-0.4, -0.2) is 37.0 Å². The number of nitrogens with zero attached hydrogens (tertiary/aromatic N) is 1. The summed E-state index contributed by atoms with van der Waals surface area (Å²) >= 11 is 5.64. The molecule has 0 aliphatic carbocycles. The highest BCUT2D eigenvalue weighted by atomic mass is 35.5. The molecule has 0 radical (unpaired) electrons. The van der Waals surface area contributed by atoms with E-state index in [2.05, 4.69) is 5.32 Å². The smallest absolute Gasteiger partial charge is 0.351 e. The number of nitrogens with one attached hydrogen (secondary N) is 1. The number of fused-ring (bicyclic) bond motifs is 1. The third kappa shape index (κ3) is 5.61. The van der Waals surface area contributed by atoms with E-state index in [0.29, 0.717) is 0 Å². The Hall–Kier alpha value is -2.43. The molecule has 1 aliphatic heterocycles. The van der Waals surface area contributed by atoms with Crippen LogP contribution >= 0.6 is 11.6 Å². The Morgan fingerprint density at radius 2 is 1.85 bits per heavy atom. The van der Waals surface area contributed by atoms with Gasteiger partial charge in [0, 0.05) is 25.1 Å². The Balaban J connectivity index is 1.89. The number of benzene rings is 2. The summed E-state index contributed by atoms with van der Waals surface area (Å²) in [5.74, 6) is -1.08. The standard InChI is InChI=1S/C23H24ClF3N2O4S/c1-14(2)11-19(22(31)28-13-15-7-8-18(24)17(12-15)23(25,26)27)29-10-9-20(30)16-5-3-4-6-21(16)34(29,32)33/h3-8,12,14,19H,9-11,13H2,1-2H3,(H,28,31)/t19-/m0/s1. The second kappa shape index (κ2) is 10.1. The zero-order valence-electron chi connectivity index (χ0n) is 18.5. The molecule has 0 saturated heterocycles. The van der Waals surface area contributed by atoms with Gasteiger partial charge in [0.25, 0.3) is 0 Å². The molecular formula is C23H24ClF3N2O4S. The lowest BCUT2D eigenvalue weighted by Gasteiger charge is -2.30. The molecule has 0 fully saturated rings. The fraction of sp³-hybridized carbons (Fsp3) is 0.391. The highest BCUT2D eigenvalue weighted by molar-refractivity contribution is 7.89. The second-order valence-electron chi connectivity index (χ2n) is 8.46. The minimum atomic E-state index is -4.66. The summed E-state index contributed by atoms with van der Waals surface area (Å²) < 4.78 is 67.3. The first-order valence-corrected chi connectivity index (χ1v) is 12.4. The molecule has 0 saturated carbocycles. The average Bonchev–Trinajstić information content (AvgIpc) is 2.85. The molecule has 184 valence electrons. The lowest BCUT2D eigenvalue weighted by molar-refractivity contribution is -0.137. The van der Waals surface area contributed by atoms with Gasteiger partial charge in [-0.05, 0) is 36.1 Å². The van der Waals surface area contributed by atoms with Gasteiger partial charge in [-0.1, -0.05) is 49.7 Å². The molecule has 0 unspecified atom stereocenters. The van der Waals surface area contributed by atoms with E-state index in [1.807, 2.05) is 13.8 Å². The Bertz CT molecular complexity index is 1200. The molecule has 11 heteroatoms. The van der Waals surface area contributed by atoms with Gasteiger partial charge in [-0.3, -0.25) is 9.59 Å². The predicted octanol–water partition coefficient (Wildman–Crippen LogP) is 4.67. The molecule has 1 heterocycles. The van der Waals surface area contributed by atoms with E-state index < -0.39 is 38.7 Å². The number of halogens is 4. The Labute approximate surface area is 201 Å². The molecule has 1 amide bonds. The van der Waals surface area contributed by atoms with E-state index in [1.54, 1.807) is 6.07 Å². The first-order chi connectivity index (χ1) is 15.8. The number of sulfonamides is 1. The molecular weight excluding hydrogens is 493 g/mol. The van der Waals surface area contributed by atoms with E-state index in [9.17, 15) is 31.2 Å². The summed E-state index contributed by atoms with van der Waals surface area (Å²) in [5.41, 5.74) is -0.785. The highest BCUT2D eigenvalue weighted by Gasteiger charge is 2.40. The molecule has 1 atom stereocenters. The van der Waals surface area contributed by atoms with E-state index in [-0.39, 0.29) is 53.7 Å². The number of carbonyl (C=O) groups excluding carboxylic acids is 2. The summed E-state index contributed by atoms with van der Waals surface area (Å²) in [4.78, 5) is 25.5. The van der Waals surface area contributed by atoms with Crippen molar-refractivity contribution in [2.75, 3.05) is 6.54 Å². The maximum atomic E-state index is 13.4. The summed E-state index contributed by atoms with van der Waals surface area (Å²) in [7, 11) is -4.17. The molecule has 2 aromatic rings. The number of ketones is 1. The monoisotopic (exact) mass is 516 g/mol. The van der Waals surface area contributed by atoms with Crippen LogP contribution in [0.4, 0.5) is 13.2 Å². The topological polar surface area (TPSA) is 83.6 Å². The number of rotatable bonds is 6. The number of alkyl halides is 3. The molecule has 0 spiro atoms. The first-order valence-electron chi connectivity index (χ1n) is 10.6. The summed E-state index contributed by atoms with van der Waals surface area (Å²) in [6.07, 6.45) is -4.59. The number of carbonyl (C=O) groups is 2. The van der Waals surface area contributed by atoms with Crippen LogP contribution in [0.15, 0.2) is 47.4 Å². The van der Waals surface area contributed by atoms with Gasteiger partial charge in [0.2, 0.25) is 15.9 Å². The second-order valence-corrected chi connectivity index (χ2v) is 10.7. The van der Waals surface area contributed by atoms with Gasteiger partial charge < -0.3 is 5.32 Å². The van der Waals surface area contributed by atoms with Crippen molar-refractivity contribution in [1.82, 2.24) is 9.62 Å². The van der Waals surface area contributed by atoms with Gasteiger partial charge in [-0.2, -0.15) is 17.5 Å². The van der Waals surface area contributed by atoms with Gasteiger partial charge in [0.15, 0.2) is 5.78 Å². The van der Waals surface area contributed by atoms with Gasteiger partial charge in [0.05, 0.1) is 15.5 Å². The van der Waals surface area contributed by atoms with Crippen molar-refractivity contribution in [3.63, 3.8) is 0 Å². The van der Waals surface area contributed by atoms with Crippen molar-refractivity contribution in [3.05, 3.63) is 64.2 Å². The van der Waals surface area contributed by atoms with Gasteiger partial charge in [-0.25, -0.2) is 8.42 Å². The normalized spacial score (nSPS) is 17.2. The molecule has 2 aromatic carbocycles. The Morgan fingerprint density at radius 1 is 1.18 bits per heavy atom. The zero-order valence-corrected chi connectivity index (χ0v) is 20.1. The quantitative estimate of drug-likeness (QED) is 0.605. The molecule has 1 N–H and O–H groups in total. The summed E-state index contributed by atoms with van der Waals surface area (Å²) in [5, 5.41) is 2.09. The number of hydrogen-bond acceptors (Lipinski definition) is 4.